The predicted octanol–water partition coefficient (Wildman–Crippen LogP) is 2.75. The van der Waals surface area contributed by atoms with Gasteiger partial charge in [-0.05, 0) is 18.1 Å². The van der Waals surface area contributed by atoms with Crippen molar-refractivity contribution >= 4 is 29.8 Å². The van der Waals surface area contributed by atoms with Crippen LogP contribution in [-0.4, -0.2) is 66.0 Å². The van der Waals surface area contributed by atoms with Gasteiger partial charge >= 0.3 is 29.7 Å². The van der Waals surface area contributed by atoms with Crippen molar-refractivity contribution in [2.45, 2.75) is 90.5 Å². The molecule has 0 saturated carbocycles. The van der Waals surface area contributed by atoms with Crippen LogP contribution < -0.4 is 5.32 Å². The number of carbonyl (C=O) groups is 5. The first-order valence-corrected chi connectivity index (χ1v) is 13.8. The standard InChI is InChI=1S/C31H37NO11/c1-19(38-17-24-12-8-6-9-13-24)28(41-22(4)35)29-27(32-20(2)33)26(40-21(3)34)16-31(43-29,42-23(5)36)30(37)39-18-25-14-10-7-11-15-25/h6-15,19,26-29H,16-18H2,1-5H3,(H,32,33)/t19-,26+,27-,28-,29+,31?/m0/s1. The lowest BCUT2D eigenvalue weighted by Crippen LogP contribution is -2.69. The molecule has 2 aromatic rings. The largest absolute Gasteiger partial charge is 0.460 e. The molecule has 43 heavy (non-hydrogen) atoms. The highest BCUT2D eigenvalue weighted by molar-refractivity contribution is 5.82. The van der Waals surface area contributed by atoms with Crippen LogP contribution in [0.2, 0.25) is 0 Å². The Balaban J connectivity index is 2.05. The average Bonchev–Trinajstić information content (AvgIpc) is 2.94. The topological polar surface area (TPSA) is 153 Å². The molecule has 12 nitrogen and oxygen atoms in total. The maximum absolute atomic E-state index is 13.7. The summed E-state index contributed by atoms with van der Waals surface area (Å²) in [6, 6.07) is 16.8. The summed E-state index contributed by atoms with van der Waals surface area (Å²) >= 11 is 0. The Labute approximate surface area is 249 Å². The van der Waals surface area contributed by atoms with E-state index >= 15 is 0 Å². The molecule has 2 aromatic carbocycles. The van der Waals surface area contributed by atoms with Crippen LogP contribution in [0.1, 0.15) is 52.2 Å². The maximum Gasteiger partial charge on any atom is 0.380 e. The van der Waals surface area contributed by atoms with Crippen molar-refractivity contribution in [2.75, 3.05) is 0 Å². The highest BCUT2D eigenvalue weighted by Gasteiger charge is 2.60. The average molecular weight is 600 g/mol. The highest BCUT2D eigenvalue weighted by atomic mass is 16.8. The Morgan fingerprint density at radius 3 is 1.95 bits per heavy atom. The van der Waals surface area contributed by atoms with E-state index in [0.717, 1.165) is 19.4 Å². The van der Waals surface area contributed by atoms with Gasteiger partial charge in [-0.15, -0.1) is 0 Å². The van der Waals surface area contributed by atoms with E-state index in [1.54, 1.807) is 37.3 Å². The molecule has 0 radical (unpaired) electrons. The van der Waals surface area contributed by atoms with Crippen molar-refractivity contribution in [1.82, 2.24) is 5.32 Å². The third-order valence-corrected chi connectivity index (χ3v) is 6.51. The molecule has 232 valence electrons. The monoisotopic (exact) mass is 599 g/mol. The summed E-state index contributed by atoms with van der Waals surface area (Å²) in [5.74, 6) is -6.40. The molecular formula is C31H37NO11. The van der Waals surface area contributed by atoms with Gasteiger partial charge in [-0.2, -0.15) is 0 Å². The lowest BCUT2D eigenvalue weighted by Gasteiger charge is -2.48. The van der Waals surface area contributed by atoms with Gasteiger partial charge in [-0.25, -0.2) is 4.79 Å². The summed E-state index contributed by atoms with van der Waals surface area (Å²) < 4.78 is 34.4. The number of nitrogens with one attached hydrogen (secondary N) is 1. The second-order valence-corrected chi connectivity index (χ2v) is 10.1. The van der Waals surface area contributed by atoms with Crippen LogP contribution in [0.5, 0.6) is 0 Å². The van der Waals surface area contributed by atoms with Crippen LogP contribution in [0.3, 0.4) is 0 Å². The van der Waals surface area contributed by atoms with E-state index in [2.05, 4.69) is 5.32 Å². The van der Waals surface area contributed by atoms with Crippen molar-refractivity contribution < 1.29 is 52.4 Å². The number of amides is 1. The summed E-state index contributed by atoms with van der Waals surface area (Å²) in [4.78, 5) is 62.8. The third kappa shape index (κ3) is 9.62. The zero-order chi connectivity index (χ0) is 31.6. The fourth-order valence-corrected chi connectivity index (χ4v) is 4.78. The normalized spacial score (nSPS) is 22.8. The summed E-state index contributed by atoms with van der Waals surface area (Å²) in [5.41, 5.74) is 1.48. The zero-order valence-electron chi connectivity index (χ0n) is 24.8. The van der Waals surface area contributed by atoms with Crippen molar-refractivity contribution in [3.63, 3.8) is 0 Å². The number of ether oxygens (including phenoxy) is 6. The van der Waals surface area contributed by atoms with Crippen LogP contribution in [-0.2, 0) is 65.6 Å². The number of benzene rings is 2. The summed E-state index contributed by atoms with van der Waals surface area (Å²) in [5, 5.41) is 2.68. The summed E-state index contributed by atoms with van der Waals surface area (Å²) in [6.45, 7) is 6.17. The van der Waals surface area contributed by atoms with Crippen LogP contribution in [0, 0.1) is 0 Å². The van der Waals surface area contributed by atoms with Crippen molar-refractivity contribution in [2.24, 2.45) is 0 Å². The molecule has 1 aliphatic rings. The van der Waals surface area contributed by atoms with Gasteiger partial charge in [0.2, 0.25) is 5.91 Å². The van der Waals surface area contributed by atoms with Crippen LogP contribution in [0.15, 0.2) is 60.7 Å². The van der Waals surface area contributed by atoms with Crippen molar-refractivity contribution in [1.29, 1.82) is 0 Å². The van der Waals surface area contributed by atoms with Gasteiger partial charge in [-0.1, -0.05) is 60.7 Å². The zero-order valence-corrected chi connectivity index (χ0v) is 24.8. The van der Waals surface area contributed by atoms with Crippen molar-refractivity contribution in [3.8, 4) is 0 Å². The Hall–Kier alpha value is -4.29. The minimum atomic E-state index is -2.43. The number of carbonyl (C=O) groups excluding carboxylic acids is 5. The quantitative estimate of drug-likeness (QED) is 0.283. The molecule has 0 aromatic heterocycles. The number of rotatable bonds is 12. The number of hydrogen-bond donors (Lipinski definition) is 1. The Morgan fingerprint density at radius 2 is 1.44 bits per heavy atom. The van der Waals surface area contributed by atoms with Gasteiger partial charge < -0.3 is 33.7 Å². The number of esters is 4. The number of hydrogen-bond acceptors (Lipinski definition) is 11. The van der Waals surface area contributed by atoms with E-state index in [9.17, 15) is 24.0 Å². The van der Waals surface area contributed by atoms with Gasteiger partial charge in [0.1, 0.15) is 18.8 Å². The highest BCUT2D eigenvalue weighted by Crippen LogP contribution is 2.37. The van der Waals surface area contributed by atoms with Gasteiger partial charge in [0, 0.05) is 27.7 Å². The molecule has 1 saturated heterocycles. The SMILES string of the molecule is CC(=O)N[C@@H]1[C@H]([C@@H](OC(C)=O)[C@H](C)OCc2ccccc2)OC(OC(C)=O)(C(=O)OCc2ccccc2)C[C@H]1OC(C)=O. The third-order valence-electron chi connectivity index (χ3n) is 6.51. The molecule has 1 heterocycles. The van der Waals surface area contributed by atoms with E-state index in [-0.39, 0.29) is 13.2 Å². The van der Waals surface area contributed by atoms with E-state index in [0.29, 0.717) is 5.56 Å². The molecule has 0 aliphatic carbocycles. The van der Waals surface area contributed by atoms with Gasteiger partial charge in [0.05, 0.1) is 25.2 Å². The second kappa shape index (κ2) is 15.3. The van der Waals surface area contributed by atoms with Gasteiger partial charge in [-0.3, -0.25) is 19.2 Å². The molecule has 3 rings (SSSR count). The first-order chi connectivity index (χ1) is 20.4. The van der Waals surface area contributed by atoms with E-state index < -0.39 is 72.5 Å². The van der Waals surface area contributed by atoms with Crippen LogP contribution in [0.25, 0.3) is 0 Å². The minimum Gasteiger partial charge on any atom is -0.460 e. The molecule has 1 aliphatic heterocycles. The second-order valence-electron chi connectivity index (χ2n) is 10.1. The molecule has 6 atom stereocenters. The van der Waals surface area contributed by atoms with Crippen LogP contribution in [0.4, 0.5) is 0 Å². The summed E-state index contributed by atoms with van der Waals surface area (Å²) in [6.07, 6.45) is -5.39. The van der Waals surface area contributed by atoms with E-state index in [1.165, 1.54) is 13.8 Å². The Bertz CT molecular complexity index is 1270. The fourth-order valence-electron chi connectivity index (χ4n) is 4.78. The lowest BCUT2D eigenvalue weighted by molar-refractivity contribution is -0.305. The first kappa shape index (κ1) is 33.2. The Morgan fingerprint density at radius 1 is 0.860 bits per heavy atom. The van der Waals surface area contributed by atoms with Crippen molar-refractivity contribution in [3.05, 3.63) is 71.8 Å². The summed E-state index contributed by atoms with van der Waals surface area (Å²) in [7, 11) is 0. The fraction of sp³-hybridized carbons (Fsp3) is 0.452. The predicted molar refractivity (Wildman–Crippen MR) is 150 cm³/mol. The molecule has 1 N–H and O–H groups in total. The molecule has 12 heteroatoms. The smallest absolute Gasteiger partial charge is 0.380 e. The molecule has 0 spiro atoms. The molecular weight excluding hydrogens is 562 g/mol. The Kier molecular flexibility index (Phi) is 11.8. The van der Waals surface area contributed by atoms with Gasteiger partial charge in [0.25, 0.3) is 0 Å². The molecule has 1 amide bonds. The molecule has 1 unspecified atom stereocenters. The maximum atomic E-state index is 13.7. The first-order valence-electron chi connectivity index (χ1n) is 13.8. The minimum absolute atomic E-state index is 0.124. The van der Waals surface area contributed by atoms with E-state index in [4.69, 9.17) is 28.4 Å². The lowest BCUT2D eigenvalue weighted by atomic mass is 9.88. The van der Waals surface area contributed by atoms with Gasteiger partial charge in [0.15, 0.2) is 6.10 Å². The molecule has 0 bridgehead atoms. The van der Waals surface area contributed by atoms with E-state index in [1.807, 2.05) is 30.3 Å². The van der Waals surface area contributed by atoms with Crippen LogP contribution >= 0.6 is 0 Å². The molecule has 1 fully saturated rings.